The fourth-order valence-corrected chi connectivity index (χ4v) is 9.97. The summed E-state index contributed by atoms with van der Waals surface area (Å²) in [6.45, 7) is 1.74. The molecule has 0 aromatic rings. The number of piperidine rings is 2. The van der Waals surface area contributed by atoms with Gasteiger partial charge in [0.25, 0.3) is 0 Å². The van der Waals surface area contributed by atoms with Crippen LogP contribution in [0.25, 0.3) is 0 Å². The first kappa shape index (κ1) is 31.7. The molecule has 5 atom stereocenters. The predicted molar refractivity (Wildman–Crippen MR) is 146 cm³/mol. The fourth-order valence-electron chi connectivity index (χ4n) is 7.96. The molecule has 0 spiro atoms. The van der Waals surface area contributed by atoms with Crippen molar-refractivity contribution in [2.45, 2.75) is 87.3 Å². The lowest BCUT2D eigenvalue weighted by Crippen LogP contribution is -2.50. The number of hydrogen-bond donors (Lipinski definition) is 3. The van der Waals surface area contributed by atoms with Gasteiger partial charge in [-0.1, -0.05) is 0 Å². The van der Waals surface area contributed by atoms with Gasteiger partial charge < -0.3 is 20.1 Å². The molecule has 2 amide bonds. The van der Waals surface area contributed by atoms with Gasteiger partial charge in [-0.25, -0.2) is 28.0 Å². The van der Waals surface area contributed by atoms with Crippen LogP contribution in [-0.4, -0.2) is 116 Å². The third-order valence-corrected chi connectivity index (χ3v) is 12.8. The molecule has 42 heavy (non-hydrogen) atoms. The molecule has 240 valence electrons. The highest BCUT2D eigenvalue weighted by molar-refractivity contribution is 7.89. The minimum Gasteiger partial charge on any atom is -0.453 e. The lowest BCUT2D eigenvalue weighted by molar-refractivity contribution is -0.172. The molecule has 0 aromatic carbocycles. The number of amides is 2. The number of carbonyl (C=O) groups is 2. The lowest BCUT2D eigenvalue weighted by Gasteiger charge is -2.43. The zero-order valence-electron chi connectivity index (χ0n) is 24.1. The van der Waals surface area contributed by atoms with Gasteiger partial charge in [0.2, 0.25) is 15.9 Å². The largest absolute Gasteiger partial charge is 0.453 e. The van der Waals surface area contributed by atoms with Crippen molar-refractivity contribution in [1.29, 1.82) is 0 Å². The van der Waals surface area contributed by atoms with E-state index in [9.17, 15) is 36.3 Å². The number of methoxy groups -OCH3 is 1. The van der Waals surface area contributed by atoms with E-state index in [1.54, 1.807) is 9.31 Å². The van der Waals surface area contributed by atoms with Crippen molar-refractivity contribution in [2.75, 3.05) is 46.4 Å². The van der Waals surface area contributed by atoms with Crippen LogP contribution in [0.1, 0.15) is 57.8 Å². The zero-order chi connectivity index (χ0) is 30.2. The van der Waals surface area contributed by atoms with Crippen molar-refractivity contribution in [3.63, 3.8) is 0 Å². The average molecular weight is 624 g/mol. The number of aliphatic hydroxyl groups excluding tert-OH is 1. The van der Waals surface area contributed by atoms with Crippen LogP contribution in [-0.2, 0) is 19.6 Å². The highest BCUT2D eigenvalue weighted by Gasteiger charge is 2.59. The Bertz CT molecular complexity index is 1080. The predicted octanol–water partition coefficient (Wildman–Crippen LogP) is 1.68. The van der Waals surface area contributed by atoms with Gasteiger partial charge in [-0.05, 0) is 69.6 Å². The number of aliphatic hydroxyl groups is 1. The summed E-state index contributed by atoms with van der Waals surface area (Å²) in [4.78, 5) is 26.4. The number of nitrogens with zero attached hydrogens (tertiary/aromatic N) is 3. The van der Waals surface area contributed by atoms with Crippen molar-refractivity contribution in [3.8, 4) is 0 Å². The molecule has 4 aliphatic heterocycles. The Balaban J connectivity index is 1.18. The quantitative estimate of drug-likeness (QED) is 0.408. The first-order valence-corrected chi connectivity index (χ1v) is 16.7. The summed E-state index contributed by atoms with van der Waals surface area (Å²) in [7, 11) is -2.20. The van der Waals surface area contributed by atoms with Crippen LogP contribution in [0.15, 0.2) is 0 Å². The number of sulfonamides is 1. The zero-order valence-corrected chi connectivity index (χ0v) is 24.9. The number of carbonyl (C=O) groups excluding carboxylic acids is 2. The number of alkyl carbamates (subject to hydrolysis) is 1. The van der Waals surface area contributed by atoms with Gasteiger partial charge in [-0.3, -0.25) is 4.79 Å². The first-order valence-electron chi connectivity index (χ1n) is 15.2. The summed E-state index contributed by atoms with van der Waals surface area (Å²) in [5, 5.41) is 13.3. The number of halogens is 3. The SMILES string of the molecule is COC(=O)NC1CCC(S(=O)(=O)N2CCC(C3CCN4NC(C(F)(F)F)C(C(=O)N5CCC(CO)C5)C4C3)CC2)CC1. The maximum atomic E-state index is 14.1. The van der Waals surface area contributed by atoms with E-state index in [0.717, 1.165) is 0 Å². The van der Waals surface area contributed by atoms with Crippen molar-refractivity contribution < 1.29 is 41.0 Å². The molecule has 11 nitrogen and oxygen atoms in total. The van der Waals surface area contributed by atoms with E-state index in [0.29, 0.717) is 84.0 Å². The normalized spacial score (nSPS) is 35.6. The molecule has 4 saturated heterocycles. The van der Waals surface area contributed by atoms with Crippen LogP contribution in [0.4, 0.5) is 18.0 Å². The minimum atomic E-state index is -4.57. The number of alkyl halides is 3. The number of hydrazine groups is 1. The Morgan fingerprint density at radius 1 is 0.976 bits per heavy atom. The highest BCUT2D eigenvalue weighted by atomic mass is 32.2. The Morgan fingerprint density at radius 2 is 1.64 bits per heavy atom. The van der Waals surface area contributed by atoms with E-state index in [4.69, 9.17) is 0 Å². The third kappa shape index (κ3) is 6.54. The van der Waals surface area contributed by atoms with E-state index in [1.165, 1.54) is 12.0 Å². The monoisotopic (exact) mass is 623 g/mol. The second-order valence-corrected chi connectivity index (χ2v) is 14.9. The Morgan fingerprint density at radius 3 is 2.24 bits per heavy atom. The molecule has 5 aliphatic rings. The fraction of sp³-hybridized carbons (Fsp3) is 0.926. The number of nitrogens with one attached hydrogen (secondary N) is 2. The summed E-state index contributed by atoms with van der Waals surface area (Å²) in [6.07, 6.45) is 0.0255. The van der Waals surface area contributed by atoms with Crippen LogP contribution in [0.5, 0.6) is 0 Å². The van der Waals surface area contributed by atoms with Gasteiger partial charge in [-0.15, -0.1) is 0 Å². The van der Waals surface area contributed by atoms with Crippen LogP contribution in [0.3, 0.4) is 0 Å². The second kappa shape index (κ2) is 12.7. The van der Waals surface area contributed by atoms with Gasteiger partial charge in [0, 0.05) is 57.3 Å². The maximum Gasteiger partial charge on any atom is 0.407 e. The molecule has 0 bridgehead atoms. The summed E-state index contributed by atoms with van der Waals surface area (Å²) >= 11 is 0. The molecule has 1 saturated carbocycles. The van der Waals surface area contributed by atoms with E-state index in [-0.39, 0.29) is 36.9 Å². The standard InChI is InChI=1S/C27H44F3N5O6S/c1-41-26(38)31-20-2-4-21(5-3-20)42(39,40)34-11-7-18(8-12-34)19-9-13-35-22(14-19)23(24(32-35)27(28,29)30)25(37)33-10-6-17(15-33)16-36/h17-24,32,36H,2-16H2,1H3,(H,31,38). The molecule has 0 radical (unpaired) electrons. The van der Waals surface area contributed by atoms with Gasteiger partial charge in [-0.2, -0.15) is 13.2 Å². The van der Waals surface area contributed by atoms with Crippen molar-refractivity contribution >= 4 is 22.0 Å². The van der Waals surface area contributed by atoms with Crippen LogP contribution in [0, 0.1) is 23.7 Å². The number of hydrogen-bond acceptors (Lipinski definition) is 8. The topological polar surface area (TPSA) is 132 Å². The number of fused-ring (bicyclic) bond motifs is 1. The number of rotatable bonds is 6. The van der Waals surface area contributed by atoms with Crippen molar-refractivity contribution in [3.05, 3.63) is 0 Å². The van der Waals surface area contributed by atoms with E-state index in [2.05, 4.69) is 15.5 Å². The van der Waals surface area contributed by atoms with Gasteiger partial charge in [0.05, 0.1) is 18.3 Å². The number of ether oxygens (including phenoxy) is 1. The van der Waals surface area contributed by atoms with Crippen molar-refractivity contribution in [1.82, 2.24) is 25.0 Å². The average Bonchev–Trinajstić information content (AvgIpc) is 3.62. The first-order chi connectivity index (χ1) is 19.9. The molecule has 5 fully saturated rings. The van der Waals surface area contributed by atoms with Crippen LogP contribution < -0.4 is 10.7 Å². The molecule has 5 rings (SSSR count). The molecule has 5 unspecified atom stereocenters. The molecule has 4 heterocycles. The van der Waals surface area contributed by atoms with Gasteiger partial charge in [0.1, 0.15) is 6.04 Å². The highest BCUT2D eigenvalue weighted by Crippen LogP contribution is 2.44. The Labute approximate surface area is 245 Å². The van der Waals surface area contributed by atoms with Crippen LogP contribution >= 0.6 is 0 Å². The summed E-state index contributed by atoms with van der Waals surface area (Å²) in [6, 6.07) is -2.61. The Hall–Kier alpha value is -1.68. The molecule has 15 heteroatoms. The van der Waals surface area contributed by atoms with E-state index in [1.807, 2.05) is 0 Å². The molecule has 0 aromatic heterocycles. The summed E-state index contributed by atoms with van der Waals surface area (Å²) < 4.78 is 75.4. The minimum absolute atomic E-state index is 0.0880. The van der Waals surface area contributed by atoms with Gasteiger partial charge >= 0.3 is 12.3 Å². The maximum absolute atomic E-state index is 14.1. The second-order valence-electron chi connectivity index (χ2n) is 12.7. The molecule has 3 N–H and O–H groups in total. The molecular formula is C27H44F3N5O6S. The smallest absolute Gasteiger partial charge is 0.407 e. The Kier molecular flexibility index (Phi) is 9.63. The number of likely N-dealkylation sites (tertiary alicyclic amines) is 1. The van der Waals surface area contributed by atoms with Crippen molar-refractivity contribution in [2.24, 2.45) is 23.7 Å². The van der Waals surface area contributed by atoms with E-state index >= 15 is 0 Å². The van der Waals surface area contributed by atoms with E-state index < -0.39 is 51.5 Å². The van der Waals surface area contributed by atoms with Crippen LogP contribution in [0.2, 0.25) is 0 Å². The molecule has 1 aliphatic carbocycles. The summed E-state index contributed by atoms with van der Waals surface area (Å²) in [5.41, 5.74) is 2.61. The molecular weight excluding hydrogens is 579 g/mol. The third-order valence-electron chi connectivity index (χ3n) is 10.4. The summed E-state index contributed by atoms with van der Waals surface area (Å²) in [5.74, 6) is -1.54. The lowest BCUT2D eigenvalue weighted by atomic mass is 9.74. The van der Waals surface area contributed by atoms with Gasteiger partial charge in [0.15, 0.2) is 0 Å².